The molecule has 1 aromatic carbocycles. The molecule has 2 aromatic rings. The van der Waals surface area contributed by atoms with Crippen molar-refractivity contribution in [2.75, 3.05) is 18.1 Å². The summed E-state index contributed by atoms with van der Waals surface area (Å²) in [6, 6.07) is 14.1. The summed E-state index contributed by atoms with van der Waals surface area (Å²) < 4.78 is 5.84. The van der Waals surface area contributed by atoms with Gasteiger partial charge >= 0.3 is 0 Å². The average Bonchev–Trinajstić information content (AvgIpc) is 2.98. The lowest BCUT2D eigenvalue weighted by Gasteiger charge is -2.31. The molecule has 1 saturated heterocycles. The molecule has 4 heteroatoms. The number of hydrogen-bond acceptors (Lipinski definition) is 4. The quantitative estimate of drug-likeness (QED) is 0.889. The fourth-order valence-electron chi connectivity index (χ4n) is 2.58. The van der Waals surface area contributed by atoms with Crippen LogP contribution in [0.15, 0.2) is 46.9 Å². The van der Waals surface area contributed by atoms with Crippen molar-refractivity contribution in [2.24, 2.45) is 0 Å². The number of aliphatic hydroxyl groups is 1. The molecular formula is C17H21NO2S. The Balaban J connectivity index is 1.53. The molecule has 0 amide bonds. The van der Waals surface area contributed by atoms with Crippen LogP contribution in [0.2, 0.25) is 0 Å². The van der Waals surface area contributed by atoms with Gasteiger partial charge in [-0.3, -0.25) is 0 Å². The van der Waals surface area contributed by atoms with E-state index in [9.17, 15) is 5.11 Å². The van der Waals surface area contributed by atoms with E-state index in [2.05, 4.69) is 5.32 Å². The van der Waals surface area contributed by atoms with Gasteiger partial charge in [0.1, 0.15) is 11.5 Å². The maximum atomic E-state index is 10.4. The first kappa shape index (κ1) is 14.7. The Bertz CT molecular complexity index is 561. The van der Waals surface area contributed by atoms with Crippen LogP contribution in [0.1, 0.15) is 18.6 Å². The first-order chi connectivity index (χ1) is 10.3. The molecular weight excluding hydrogens is 282 g/mol. The van der Waals surface area contributed by atoms with E-state index in [1.165, 1.54) is 0 Å². The summed E-state index contributed by atoms with van der Waals surface area (Å²) in [7, 11) is 0. The van der Waals surface area contributed by atoms with Gasteiger partial charge in [0.05, 0.1) is 12.1 Å². The summed E-state index contributed by atoms with van der Waals surface area (Å²) in [5.74, 6) is 3.90. The van der Waals surface area contributed by atoms with E-state index in [-0.39, 0.29) is 0 Å². The number of nitrogens with one attached hydrogen (secondary N) is 1. The second kappa shape index (κ2) is 6.69. The molecule has 0 unspecified atom stereocenters. The molecule has 3 rings (SSSR count). The predicted molar refractivity (Wildman–Crippen MR) is 87.4 cm³/mol. The lowest BCUT2D eigenvalue weighted by molar-refractivity contribution is 0.0316. The standard InChI is InChI=1S/C17H21NO2S/c19-17(8-10-21-11-9-17)13-18-12-15-6-7-16(20-15)14-4-2-1-3-5-14/h1-7,18-19H,8-13H2. The van der Waals surface area contributed by atoms with Crippen LogP contribution in [-0.4, -0.2) is 28.8 Å². The Morgan fingerprint density at radius 1 is 1.10 bits per heavy atom. The molecule has 2 N–H and O–H groups in total. The molecule has 3 nitrogen and oxygen atoms in total. The SMILES string of the molecule is OC1(CNCc2ccc(-c3ccccc3)o2)CCSCC1. The van der Waals surface area contributed by atoms with Crippen molar-refractivity contribution in [2.45, 2.75) is 25.0 Å². The van der Waals surface area contributed by atoms with Crippen LogP contribution in [0, 0.1) is 0 Å². The minimum atomic E-state index is -0.542. The Morgan fingerprint density at radius 3 is 2.62 bits per heavy atom. The fourth-order valence-corrected chi connectivity index (χ4v) is 3.83. The van der Waals surface area contributed by atoms with E-state index in [1.54, 1.807) is 0 Å². The molecule has 0 aliphatic carbocycles. The normalized spacial score (nSPS) is 17.8. The largest absolute Gasteiger partial charge is 0.460 e. The van der Waals surface area contributed by atoms with E-state index in [4.69, 9.17) is 4.42 Å². The molecule has 1 fully saturated rings. The van der Waals surface area contributed by atoms with E-state index >= 15 is 0 Å². The second-order valence-corrected chi connectivity index (χ2v) is 6.80. The fraction of sp³-hybridized carbons (Fsp3) is 0.412. The summed E-state index contributed by atoms with van der Waals surface area (Å²) in [6.07, 6.45) is 1.75. The van der Waals surface area contributed by atoms with Gasteiger partial charge in [-0.15, -0.1) is 0 Å². The molecule has 1 aromatic heterocycles. The number of benzene rings is 1. The minimum Gasteiger partial charge on any atom is -0.460 e. The zero-order chi connectivity index (χ0) is 14.5. The van der Waals surface area contributed by atoms with Crippen molar-refractivity contribution in [3.8, 4) is 11.3 Å². The zero-order valence-electron chi connectivity index (χ0n) is 12.0. The van der Waals surface area contributed by atoms with E-state index in [0.29, 0.717) is 13.1 Å². The molecule has 21 heavy (non-hydrogen) atoms. The molecule has 0 atom stereocenters. The first-order valence-corrected chi connectivity index (χ1v) is 8.56. The summed E-state index contributed by atoms with van der Waals surface area (Å²) in [5.41, 5.74) is 0.548. The van der Waals surface area contributed by atoms with Gasteiger partial charge in [-0.1, -0.05) is 30.3 Å². The lowest BCUT2D eigenvalue weighted by atomic mass is 9.97. The van der Waals surface area contributed by atoms with Gasteiger partial charge in [-0.2, -0.15) is 11.8 Å². The summed E-state index contributed by atoms with van der Waals surface area (Å²) in [4.78, 5) is 0. The van der Waals surface area contributed by atoms with Crippen molar-refractivity contribution in [1.29, 1.82) is 0 Å². The highest BCUT2D eigenvalue weighted by atomic mass is 32.2. The number of thioether (sulfide) groups is 1. The van der Waals surface area contributed by atoms with Gasteiger partial charge in [0, 0.05) is 12.1 Å². The third-order valence-electron chi connectivity index (χ3n) is 3.90. The molecule has 2 heterocycles. The van der Waals surface area contributed by atoms with Crippen molar-refractivity contribution >= 4 is 11.8 Å². The Kier molecular flexibility index (Phi) is 4.68. The van der Waals surface area contributed by atoms with Crippen molar-refractivity contribution in [1.82, 2.24) is 5.32 Å². The van der Waals surface area contributed by atoms with Crippen LogP contribution in [0.25, 0.3) is 11.3 Å². The average molecular weight is 303 g/mol. The molecule has 0 spiro atoms. The minimum absolute atomic E-state index is 0.542. The van der Waals surface area contributed by atoms with Crippen LogP contribution in [0.3, 0.4) is 0 Å². The Labute approximate surface area is 129 Å². The van der Waals surface area contributed by atoms with Crippen LogP contribution >= 0.6 is 11.8 Å². The molecule has 0 radical (unpaired) electrons. The Hall–Kier alpha value is -1.23. The second-order valence-electron chi connectivity index (χ2n) is 5.57. The first-order valence-electron chi connectivity index (χ1n) is 7.40. The van der Waals surface area contributed by atoms with Gasteiger partial charge in [-0.25, -0.2) is 0 Å². The third kappa shape index (κ3) is 3.90. The molecule has 0 bridgehead atoms. The van der Waals surface area contributed by atoms with Gasteiger partial charge in [-0.05, 0) is 36.5 Å². The lowest BCUT2D eigenvalue weighted by Crippen LogP contribution is -2.43. The predicted octanol–water partition coefficient (Wildman–Crippen LogP) is 3.29. The van der Waals surface area contributed by atoms with E-state index in [0.717, 1.165) is 41.4 Å². The molecule has 0 saturated carbocycles. The van der Waals surface area contributed by atoms with Gasteiger partial charge in [0.25, 0.3) is 0 Å². The van der Waals surface area contributed by atoms with Crippen molar-refractivity contribution in [3.63, 3.8) is 0 Å². The van der Waals surface area contributed by atoms with Crippen LogP contribution < -0.4 is 5.32 Å². The van der Waals surface area contributed by atoms with Crippen LogP contribution in [-0.2, 0) is 6.54 Å². The maximum absolute atomic E-state index is 10.4. The number of rotatable bonds is 5. The smallest absolute Gasteiger partial charge is 0.134 e. The van der Waals surface area contributed by atoms with E-state index in [1.807, 2.05) is 54.2 Å². The highest BCUT2D eigenvalue weighted by Crippen LogP contribution is 2.26. The highest BCUT2D eigenvalue weighted by Gasteiger charge is 2.28. The number of furan rings is 1. The molecule has 1 aliphatic rings. The topological polar surface area (TPSA) is 45.4 Å². The summed E-state index contributed by atoms with van der Waals surface area (Å²) in [6.45, 7) is 1.29. The third-order valence-corrected chi connectivity index (χ3v) is 4.88. The zero-order valence-corrected chi connectivity index (χ0v) is 12.9. The number of hydrogen-bond donors (Lipinski definition) is 2. The van der Waals surface area contributed by atoms with Gasteiger partial charge in [0.15, 0.2) is 0 Å². The van der Waals surface area contributed by atoms with Crippen molar-refractivity contribution in [3.05, 3.63) is 48.2 Å². The van der Waals surface area contributed by atoms with Crippen LogP contribution in [0.5, 0.6) is 0 Å². The van der Waals surface area contributed by atoms with Gasteiger partial charge < -0.3 is 14.8 Å². The highest BCUT2D eigenvalue weighted by molar-refractivity contribution is 7.99. The van der Waals surface area contributed by atoms with Gasteiger partial charge in [0.2, 0.25) is 0 Å². The maximum Gasteiger partial charge on any atom is 0.134 e. The summed E-state index contributed by atoms with van der Waals surface area (Å²) in [5, 5.41) is 13.7. The van der Waals surface area contributed by atoms with Crippen LogP contribution in [0.4, 0.5) is 0 Å². The van der Waals surface area contributed by atoms with Crippen molar-refractivity contribution < 1.29 is 9.52 Å². The summed E-state index contributed by atoms with van der Waals surface area (Å²) >= 11 is 1.92. The monoisotopic (exact) mass is 303 g/mol. The Morgan fingerprint density at radius 2 is 1.86 bits per heavy atom. The molecule has 112 valence electrons. The molecule has 1 aliphatic heterocycles. The van der Waals surface area contributed by atoms with E-state index < -0.39 is 5.60 Å².